The van der Waals surface area contributed by atoms with Crippen molar-refractivity contribution in [3.8, 4) is 0 Å². The zero-order valence-corrected chi connectivity index (χ0v) is 11.0. The molecule has 0 bridgehead atoms. The molecule has 1 unspecified atom stereocenters. The van der Waals surface area contributed by atoms with Crippen LogP contribution >= 0.6 is 0 Å². The normalized spacial score (nSPS) is 11.8. The van der Waals surface area contributed by atoms with Gasteiger partial charge in [0.15, 0.2) is 11.6 Å². The van der Waals surface area contributed by atoms with E-state index in [1.165, 1.54) is 12.1 Å². The van der Waals surface area contributed by atoms with Crippen molar-refractivity contribution in [3.63, 3.8) is 0 Å². The van der Waals surface area contributed by atoms with E-state index >= 15 is 0 Å². The molecule has 2 amide bonds. The van der Waals surface area contributed by atoms with E-state index in [2.05, 4.69) is 10.6 Å². The molecule has 0 aromatic heterocycles. The smallest absolute Gasteiger partial charge is 0.326 e. The van der Waals surface area contributed by atoms with Crippen molar-refractivity contribution in [2.75, 3.05) is 5.32 Å². The van der Waals surface area contributed by atoms with Crippen molar-refractivity contribution in [3.05, 3.63) is 29.8 Å². The van der Waals surface area contributed by atoms with Gasteiger partial charge in [-0.05, 0) is 18.6 Å². The van der Waals surface area contributed by atoms with Gasteiger partial charge in [0.1, 0.15) is 6.04 Å². The van der Waals surface area contributed by atoms with Crippen molar-refractivity contribution < 1.29 is 23.5 Å². The zero-order chi connectivity index (χ0) is 15.1. The Morgan fingerprint density at radius 3 is 2.65 bits per heavy atom. The summed E-state index contributed by atoms with van der Waals surface area (Å²) in [6.45, 7) is 1.89. The number of anilines is 1. The molecule has 5 nitrogen and oxygen atoms in total. The molecule has 0 aliphatic rings. The number of benzene rings is 1. The quantitative estimate of drug-likeness (QED) is 0.752. The Kier molecular flexibility index (Phi) is 5.89. The number of hydrogen-bond donors (Lipinski definition) is 3. The number of carboxylic acid groups (broad SMARTS) is 1. The van der Waals surface area contributed by atoms with Crippen molar-refractivity contribution in [2.24, 2.45) is 0 Å². The van der Waals surface area contributed by atoms with Crippen LogP contribution in [0.1, 0.15) is 26.2 Å². The van der Waals surface area contributed by atoms with E-state index < -0.39 is 29.7 Å². The molecule has 0 fully saturated rings. The topological polar surface area (TPSA) is 78.4 Å². The first kappa shape index (κ1) is 15.9. The summed E-state index contributed by atoms with van der Waals surface area (Å²) < 4.78 is 26.3. The minimum atomic E-state index is -1.19. The van der Waals surface area contributed by atoms with Gasteiger partial charge in [0.25, 0.3) is 0 Å². The summed E-state index contributed by atoms with van der Waals surface area (Å²) in [7, 11) is 0. The molecule has 0 saturated heterocycles. The third-order valence-corrected chi connectivity index (χ3v) is 2.65. The van der Waals surface area contributed by atoms with Gasteiger partial charge >= 0.3 is 12.0 Å². The average molecular weight is 286 g/mol. The zero-order valence-electron chi connectivity index (χ0n) is 11.0. The Morgan fingerprint density at radius 2 is 2.05 bits per heavy atom. The number of carbonyl (C=O) groups excluding carboxylic acids is 1. The highest BCUT2D eigenvalue weighted by atomic mass is 19.2. The summed E-state index contributed by atoms with van der Waals surface area (Å²) in [5.74, 6) is -3.46. The largest absolute Gasteiger partial charge is 0.480 e. The Morgan fingerprint density at radius 1 is 1.35 bits per heavy atom. The molecule has 20 heavy (non-hydrogen) atoms. The van der Waals surface area contributed by atoms with Crippen molar-refractivity contribution in [1.29, 1.82) is 0 Å². The number of carbonyl (C=O) groups is 2. The minimum absolute atomic E-state index is 0.269. The summed E-state index contributed by atoms with van der Waals surface area (Å²) >= 11 is 0. The number of amides is 2. The molecule has 3 N–H and O–H groups in total. The van der Waals surface area contributed by atoms with Crippen molar-refractivity contribution in [1.82, 2.24) is 5.32 Å². The van der Waals surface area contributed by atoms with Crippen LogP contribution in [0.4, 0.5) is 19.3 Å². The first-order chi connectivity index (χ1) is 9.45. The van der Waals surface area contributed by atoms with Crippen LogP contribution < -0.4 is 10.6 Å². The summed E-state index contributed by atoms with van der Waals surface area (Å²) in [5, 5.41) is 13.2. The van der Waals surface area contributed by atoms with E-state index in [0.717, 1.165) is 12.5 Å². The fourth-order valence-corrected chi connectivity index (χ4v) is 1.58. The van der Waals surface area contributed by atoms with Crippen molar-refractivity contribution in [2.45, 2.75) is 32.2 Å². The number of aliphatic carboxylic acids is 1. The summed E-state index contributed by atoms with van der Waals surface area (Å²) in [4.78, 5) is 22.5. The summed E-state index contributed by atoms with van der Waals surface area (Å²) in [6, 6.07) is 1.38. The first-order valence-corrected chi connectivity index (χ1v) is 6.20. The number of carboxylic acids is 1. The first-order valence-electron chi connectivity index (χ1n) is 6.20. The number of unbranched alkanes of at least 4 members (excludes halogenated alkanes) is 1. The van der Waals surface area contributed by atoms with Gasteiger partial charge < -0.3 is 15.7 Å². The van der Waals surface area contributed by atoms with Gasteiger partial charge in [-0.25, -0.2) is 18.4 Å². The second kappa shape index (κ2) is 7.42. The maximum Gasteiger partial charge on any atom is 0.326 e. The molecular formula is C13H16F2N2O3. The molecule has 0 saturated carbocycles. The Bertz CT molecular complexity index is 495. The summed E-state index contributed by atoms with van der Waals surface area (Å²) in [5.41, 5.74) is -0.345. The van der Waals surface area contributed by atoms with Gasteiger partial charge in [0, 0.05) is 0 Å². The highest BCUT2D eigenvalue weighted by Crippen LogP contribution is 2.16. The Labute approximate surface area is 115 Å². The predicted molar refractivity (Wildman–Crippen MR) is 69.5 cm³/mol. The van der Waals surface area contributed by atoms with Crippen LogP contribution in [0, 0.1) is 11.6 Å². The molecule has 110 valence electrons. The van der Waals surface area contributed by atoms with Crippen LogP contribution in [0.15, 0.2) is 18.2 Å². The van der Waals surface area contributed by atoms with Crippen LogP contribution in [0.25, 0.3) is 0 Å². The number of urea groups is 1. The second-order valence-corrected chi connectivity index (χ2v) is 4.23. The molecule has 1 aromatic rings. The lowest BCUT2D eigenvalue weighted by Gasteiger charge is -2.15. The average Bonchev–Trinajstić information content (AvgIpc) is 2.39. The van der Waals surface area contributed by atoms with Gasteiger partial charge in [-0.15, -0.1) is 0 Å². The molecule has 0 aliphatic heterocycles. The highest BCUT2D eigenvalue weighted by molar-refractivity contribution is 5.92. The van der Waals surface area contributed by atoms with Gasteiger partial charge in [-0.2, -0.15) is 0 Å². The second-order valence-electron chi connectivity index (χ2n) is 4.23. The minimum Gasteiger partial charge on any atom is -0.480 e. The van der Waals surface area contributed by atoms with E-state index in [9.17, 15) is 18.4 Å². The van der Waals surface area contributed by atoms with Gasteiger partial charge in [-0.3, -0.25) is 0 Å². The van der Waals surface area contributed by atoms with E-state index in [0.29, 0.717) is 6.42 Å². The Hall–Kier alpha value is -2.18. The lowest BCUT2D eigenvalue weighted by molar-refractivity contribution is -0.139. The number of hydrogen-bond acceptors (Lipinski definition) is 2. The highest BCUT2D eigenvalue weighted by Gasteiger charge is 2.20. The number of halogens is 2. The maximum absolute atomic E-state index is 13.3. The molecule has 0 radical (unpaired) electrons. The molecule has 0 aliphatic carbocycles. The molecule has 1 atom stereocenters. The lowest BCUT2D eigenvalue weighted by atomic mass is 10.1. The number of nitrogens with one attached hydrogen (secondary N) is 2. The Balaban J connectivity index is 2.66. The third-order valence-electron chi connectivity index (χ3n) is 2.65. The predicted octanol–water partition coefficient (Wildman–Crippen LogP) is 2.73. The van der Waals surface area contributed by atoms with Crippen molar-refractivity contribution >= 4 is 17.7 Å². The molecular weight excluding hydrogens is 270 g/mol. The standard InChI is InChI=1S/C13H16F2N2O3/c1-2-3-6-10(12(18)19)17-13(20)16-9-7-4-5-8(14)11(9)15/h4-5,7,10H,2-3,6H2,1H3,(H,18,19)(H2,16,17,20). The molecule has 0 spiro atoms. The van der Waals surface area contributed by atoms with Crippen LogP contribution in [0.3, 0.4) is 0 Å². The van der Waals surface area contributed by atoms with Crippen LogP contribution in [-0.2, 0) is 4.79 Å². The van der Waals surface area contributed by atoms with Gasteiger partial charge in [0.05, 0.1) is 5.69 Å². The van der Waals surface area contributed by atoms with Gasteiger partial charge in [0.2, 0.25) is 0 Å². The van der Waals surface area contributed by atoms with Gasteiger partial charge in [-0.1, -0.05) is 25.8 Å². The van der Waals surface area contributed by atoms with E-state index in [4.69, 9.17) is 5.11 Å². The van der Waals surface area contributed by atoms with Crippen LogP contribution in [0.2, 0.25) is 0 Å². The van der Waals surface area contributed by atoms with E-state index in [-0.39, 0.29) is 12.1 Å². The van der Waals surface area contributed by atoms with Crippen LogP contribution in [0.5, 0.6) is 0 Å². The molecule has 0 heterocycles. The van der Waals surface area contributed by atoms with E-state index in [1.54, 1.807) is 0 Å². The molecule has 1 rings (SSSR count). The third kappa shape index (κ3) is 4.49. The molecule has 1 aromatic carbocycles. The SMILES string of the molecule is CCCCC(NC(=O)Nc1cccc(F)c1F)C(=O)O. The lowest BCUT2D eigenvalue weighted by Crippen LogP contribution is -2.43. The summed E-state index contributed by atoms with van der Waals surface area (Å²) in [6.07, 6.45) is 1.68. The fraction of sp³-hybridized carbons (Fsp3) is 0.385. The molecule has 7 heteroatoms. The van der Waals surface area contributed by atoms with Crippen LogP contribution in [-0.4, -0.2) is 23.1 Å². The monoisotopic (exact) mass is 286 g/mol. The maximum atomic E-state index is 13.3. The van der Waals surface area contributed by atoms with E-state index in [1.807, 2.05) is 6.92 Å². The fourth-order valence-electron chi connectivity index (χ4n) is 1.58. The number of rotatable bonds is 6.